The van der Waals surface area contributed by atoms with E-state index in [4.69, 9.17) is 23.7 Å². The highest BCUT2D eigenvalue weighted by atomic mass is 16.6. The minimum atomic E-state index is -0.679. The summed E-state index contributed by atoms with van der Waals surface area (Å²) in [6.07, 6.45) is -0.0798. The van der Waals surface area contributed by atoms with Crippen molar-refractivity contribution in [2.45, 2.75) is 25.6 Å². The average Bonchev–Trinajstić information content (AvgIpc) is 3.02. The second-order valence-corrected chi connectivity index (χ2v) is 9.53. The molecule has 218 valence electrons. The second kappa shape index (κ2) is 14.5. The average molecular weight is 572 g/mol. The van der Waals surface area contributed by atoms with Gasteiger partial charge < -0.3 is 23.7 Å². The minimum Gasteiger partial charge on any atom is -0.497 e. The van der Waals surface area contributed by atoms with Gasteiger partial charge in [-0.05, 0) is 59.2 Å². The Morgan fingerprint density at radius 1 is 0.714 bits per heavy atom. The Hall–Kier alpha value is -5.05. The molecule has 0 fully saturated rings. The van der Waals surface area contributed by atoms with Gasteiger partial charge in [-0.2, -0.15) is 0 Å². The van der Waals surface area contributed by atoms with Gasteiger partial charge in [0.2, 0.25) is 6.54 Å². The van der Waals surface area contributed by atoms with Gasteiger partial charge in [-0.15, -0.1) is 0 Å². The van der Waals surface area contributed by atoms with E-state index in [1.165, 1.54) is 14.2 Å². The largest absolute Gasteiger partial charge is 0.497 e. The number of nitrogens with zero attached hydrogens (tertiary/aromatic N) is 1. The molecule has 0 aliphatic rings. The maximum absolute atomic E-state index is 13.3. The number of hydrogen-bond acceptors (Lipinski definition) is 8. The fourth-order valence-electron chi connectivity index (χ4n) is 4.45. The van der Waals surface area contributed by atoms with Crippen LogP contribution in [0.1, 0.15) is 39.4 Å². The van der Waals surface area contributed by atoms with E-state index in [2.05, 4.69) is 0 Å². The molecular weight excluding hydrogens is 538 g/mol. The molecule has 4 aromatic carbocycles. The van der Waals surface area contributed by atoms with Crippen molar-refractivity contribution in [1.29, 1.82) is 0 Å². The van der Waals surface area contributed by atoms with Gasteiger partial charge in [-0.25, -0.2) is 0 Å². The highest BCUT2D eigenvalue weighted by Crippen LogP contribution is 2.34. The molecule has 0 radical (unpaired) electrons. The SMILES string of the molecule is COc1ccc(COc2ccc(C(=O)CC(C[N+](=O)[O-])c3ccc(OCc4ccccc4)c(OC)c3)cc2OC)cc1. The number of carbonyl (C=O) groups is 1. The van der Waals surface area contributed by atoms with E-state index in [0.29, 0.717) is 47.3 Å². The van der Waals surface area contributed by atoms with Crippen LogP contribution >= 0.6 is 0 Å². The number of carbonyl (C=O) groups excluding carboxylic acids is 1. The van der Waals surface area contributed by atoms with Crippen molar-refractivity contribution in [3.63, 3.8) is 0 Å². The number of ether oxygens (including phenoxy) is 5. The summed E-state index contributed by atoms with van der Waals surface area (Å²) in [6.45, 7) is 0.222. The molecule has 0 spiro atoms. The van der Waals surface area contributed by atoms with Crippen LogP contribution in [0, 0.1) is 10.1 Å². The Morgan fingerprint density at radius 2 is 1.31 bits per heavy atom. The van der Waals surface area contributed by atoms with Crippen LogP contribution in [0.5, 0.6) is 28.7 Å². The molecule has 0 N–H and O–H groups in total. The fourth-order valence-corrected chi connectivity index (χ4v) is 4.45. The molecule has 0 heterocycles. The lowest BCUT2D eigenvalue weighted by Gasteiger charge is -2.17. The van der Waals surface area contributed by atoms with Gasteiger partial charge in [0.15, 0.2) is 28.8 Å². The topological polar surface area (TPSA) is 106 Å². The van der Waals surface area contributed by atoms with Crippen molar-refractivity contribution in [1.82, 2.24) is 0 Å². The summed E-state index contributed by atoms with van der Waals surface area (Å²) >= 11 is 0. The number of hydrogen-bond donors (Lipinski definition) is 0. The first kappa shape index (κ1) is 29.9. The third-order valence-corrected chi connectivity index (χ3v) is 6.74. The van der Waals surface area contributed by atoms with E-state index < -0.39 is 17.4 Å². The lowest BCUT2D eigenvalue weighted by molar-refractivity contribution is -0.483. The predicted octanol–water partition coefficient (Wildman–Crippen LogP) is 6.50. The molecule has 4 aromatic rings. The van der Waals surface area contributed by atoms with Gasteiger partial charge in [0.1, 0.15) is 19.0 Å². The number of nitro groups is 1. The summed E-state index contributed by atoms with van der Waals surface area (Å²) in [7, 11) is 4.61. The van der Waals surface area contributed by atoms with Crippen LogP contribution in [-0.4, -0.2) is 38.6 Å². The standard InChI is InChI=1S/C33H33NO8/c1-38-28-13-9-24(10-14-28)22-42-31-16-12-26(19-33(31)40-3)29(35)17-27(20-34(36)37)25-11-15-30(32(18-25)39-2)41-21-23-7-5-4-6-8-23/h4-16,18-19,27H,17,20-22H2,1-3H3. The van der Waals surface area contributed by atoms with Crippen molar-refractivity contribution in [2.24, 2.45) is 0 Å². The monoisotopic (exact) mass is 571 g/mol. The minimum absolute atomic E-state index is 0.0798. The van der Waals surface area contributed by atoms with Gasteiger partial charge in [-0.1, -0.05) is 48.5 Å². The number of rotatable bonds is 15. The fraction of sp³-hybridized carbons (Fsp3) is 0.242. The maximum Gasteiger partial charge on any atom is 0.211 e. The highest BCUT2D eigenvalue weighted by molar-refractivity contribution is 5.97. The van der Waals surface area contributed by atoms with E-state index in [-0.39, 0.29) is 12.2 Å². The van der Waals surface area contributed by atoms with Crippen LogP contribution in [0.15, 0.2) is 91.0 Å². The number of ketones is 1. The lowest BCUT2D eigenvalue weighted by atomic mass is 9.91. The van der Waals surface area contributed by atoms with Crippen molar-refractivity contribution in [2.75, 3.05) is 27.9 Å². The van der Waals surface area contributed by atoms with E-state index in [1.54, 1.807) is 43.5 Å². The van der Waals surface area contributed by atoms with Crippen LogP contribution in [0.2, 0.25) is 0 Å². The van der Waals surface area contributed by atoms with Gasteiger partial charge in [0.25, 0.3) is 0 Å². The van der Waals surface area contributed by atoms with Crippen LogP contribution in [-0.2, 0) is 13.2 Å². The summed E-state index contributed by atoms with van der Waals surface area (Å²) in [6, 6.07) is 27.2. The first-order valence-electron chi connectivity index (χ1n) is 13.3. The molecule has 42 heavy (non-hydrogen) atoms. The van der Waals surface area contributed by atoms with Crippen LogP contribution < -0.4 is 23.7 Å². The molecule has 4 rings (SSSR count). The zero-order valence-corrected chi connectivity index (χ0v) is 23.8. The highest BCUT2D eigenvalue weighted by Gasteiger charge is 2.24. The Kier molecular flexibility index (Phi) is 10.4. The molecule has 0 aliphatic heterocycles. The van der Waals surface area contributed by atoms with Gasteiger partial charge in [0, 0.05) is 16.9 Å². The van der Waals surface area contributed by atoms with Crippen LogP contribution in [0.25, 0.3) is 0 Å². The first-order valence-corrected chi connectivity index (χ1v) is 13.3. The van der Waals surface area contributed by atoms with Crippen molar-refractivity contribution < 1.29 is 33.4 Å². The van der Waals surface area contributed by atoms with Crippen molar-refractivity contribution >= 4 is 5.78 Å². The van der Waals surface area contributed by atoms with Gasteiger partial charge in [-0.3, -0.25) is 14.9 Å². The molecule has 9 nitrogen and oxygen atoms in total. The Balaban J connectivity index is 1.47. The Labute approximate surface area is 244 Å². The summed E-state index contributed by atoms with van der Waals surface area (Å²) in [5.74, 6) is 1.62. The molecule has 0 bridgehead atoms. The lowest BCUT2D eigenvalue weighted by Crippen LogP contribution is -2.17. The third kappa shape index (κ3) is 8.00. The molecule has 0 saturated heterocycles. The summed E-state index contributed by atoms with van der Waals surface area (Å²) < 4.78 is 28.0. The van der Waals surface area contributed by atoms with E-state index in [1.807, 2.05) is 54.6 Å². The first-order chi connectivity index (χ1) is 20.4. The Bertz CT molecular complexity index is 1490. The Morgan fingerprint density at radius 3 is 1.90 bits per heavy atom. The summed E-state index contributed by atoms with van der Waals surface area (Å²) in [5, 5.41) is 11.5. The molecule has 1 atom stereocenters. The molecule has 0 aliphatic carbocycles. The number of methoxy groups -OCH3 is 3. The quantitative estimate of drug-likeness (QED) is 0.0904. The van der Waals surface area contributed by atoms with E-state index in [0.717, 1.165) is 16.9 Å². The van der Waals surface area contributed by atoms with Crippen LogP contribution in [0.3, 0.4) is 0 Å². The zero-order valence-electron chi connectivity index (χ0n) is 23.8. The zero-order chi connectivity index (χ0) is 29.9. The molecule has 9 heteroatoms. The van der Waals surface area contributed by atoms with Crippen LogP contribution in [0.4, 0.5) is 0 Å². The van der Waals surface area contributed by atoms with Gasteiger partial charge >= 0.3 is 0 Å². The summed E-state index contributed by atoms with van der Waals surface area (Å²) in [5.41, 5.74) is 2.91. The molecular formula is C33H33NO8. The molecule has 0 saturated carbocycles. The second-order valence-electron chi connectivity index (χ2n) is 9.53. The maximum atomic E-state index is 13.3. The van der Waals surface area contributed by atoms with Crippen molar-refractivity contribution in [3.8, 4) is 28.7 Å². The summed E-state index contributed by atoms with van der Waals surface area (Å²) in [4.78, 5) is 24.5. The normalized spacial score (nSPS) is 11.3. The number of Topliss-reactive ketones (excluding diaryl/α,β-unsaturated/α-hetero) is 1. The van der Waals surface area contributed by atoms with Crippen molar-refractivity contribution in [3.05, 3.63) is 123 Å². The predicted molar refractivity (Wildman–Crippen MR) is 158 cm³/mol. The molecule has 0 amide bonds. The molecule has 0 aromatic heterocycles. The smallest absolute Gasteiger partial charge is 0.211 e. The van der Waals surface area contributed by atoms with E-state index >= 15 is 0 Å². The number of benzene rings is 4. The van der Waals surface area contributed by atoms with E-state index in [9.17, 15) is 14.9 Å². The third-order valence-electron chi connectivity index (χ3n) is 6.74. The van der Waals surface area contributed by atoms with Gasteiger partial charge in [0.05, 0.1) is 27.2 Å². The molecule has 1 unspecified atom stereocenters.